The van der Waals surface area contributed by atoms with E-state index >= 15 is 0 Å². The number of carboxylic acid groups (broad SMARTS) is 1. The molecule has 1 aromatic heterocycles. The van der Waals surface area contributed by atoms with Crippen LogP contribution < -0.4 is 4.74 Å². The zero-order chi connectivity index (χ0) is 13.1. The monoisotopic (exact) mass is 245 g/mol. The maximum Gasteiger partial charge on any atom is 0.335 e. The number of rotatable bonds is 3. The number of nitrogens with zero attached hydrogens (tertiary/aromatic N) is 1. The van der Waals surface area contributed by atoms with E-state index < -0.39 is 5.97 Å². The molecule has 2 aromatic rings. The van der Waals surface area contributed by atoms with Crippen LogP contribution in [-0.2, 0) is 0 Å². The van der Waals surface area contributed by atoms with Crippen molar-refractivity contribution < 1.29 is 19.7 Å². The standard InChI is InChI=1S/C13H11NO4/c1-18-12-5-3-9(7-14-12)10-4-2-8(13(16)17)6-11(10)15/h2-7,15H,1H3,(H,16,17). The van der Waals surface area contributed by atoms with Gasteiger partial charge in [0.15, 0.2) is 0 Å². The number of aromatic carboxylic acids is 1. The SMILES string of the molecule is COc1ccc(-c2ccc(C(=O)O)cc2O)cn1. The van der Waals surface area contributed by atoms with Gasteiger partial charge in [-0.1, -0.05) is 0 Å². The van der Waals surface area contributed by atoms with E-state index in [1.54, 1.807) is 24.4 Å². The van der Waals surface area contributed by atoms with Gasteiger partial charge in [-0.2, -0.15) is 0 Å². The first-order valence-electron chi connectivity index (χ1n) is 5.18. The zero-order valence-corrected chi connectivity index (χ0v) is 9.62. The molecule has 2 N–H and O–H groups in total. The highest BCUT2D eigenvalue weighted by molar-refractivity contribution is 5.89. The first-order chi connectivity index (χ1) is 8.61. The van der Waals surface area contributed by atoms with Gasteiger partial charge in [-0.3, -0.25) is 0 Å². The van der Waals surface area contributed by atoms with E-state index in [4.69, 9.17) is 9.84 Å². The van der Waals surface area contributed by atoms with E-state index in [-0.39, 0.29) is 11.3 Å². The molecule has 0 saturated carbocycles. The first kappa shape index (κ1) is 11.9. The van der Waals surface area contributed by atoms with Gasteiger partial charge in [-0.25, -0.2) is 9.78 Å². The second-order valence-electron chi connectivity index (χ2n) is 3.63. The van der Waals surface area contributed by atoms with Gasteiger partial charge in [0.25, 0.3) is 0 Å². The van der Waals surface area contributed by atoms with Crippen LogP contribution in [0.5, 0.6) is 11.6 Å². The number of hydrogen-bond acceptors (Lipinski definition) is 4. The summed E-state index contributed by atoms with van der Waals surface area (Å²) in [5, 5.41) is 18.6. The predicted octanol–water partition coefficient (Wildman–Crippen LogP) is 2.16. The van der Waals surface area contributed by atoms with Crippen LogP contribution in [0.25, 0.3) is 11.1 Å². The normalized spacial score (nSPS) is 10.1. The number of carbonyl (C=O) groups is 1. The van der Waals surface area contributed by atoms with Crippen molar-refractivity contribution in [2.75, 3.05) is 7.11 Å². The maximum absolute atomic E-state index is 10.7. The lowest BCUT2D eigenvalue weighted by Crippen LogP contribution is -1.95. The van der Waals surface area contributed by atoms with Crippen LogP contribution >= 0.6 is 0 Å². The summed E-state index contributed by atoms with van der Waals surface area (Å²) in [4.78, 5) is 14.8. The van der Waals surface area contributed by atoms with Crippen molar-refractivity contribution in [3.05, 3.63) is 42.1 Å². The summed E-state index contributed by atoms with van der Waals surface area (Å²) in [7, 11) is 1.52. The molecule has 0 aliphatic carbocycles. The Balaban J connectivity index is 2.41. The van der Waals surface area contributed by atoms with Gasteiger partial charge in [0, 0.05) is 23.4 Å². The Hall–Kier alpha value is -2.56. The molecule has 0 unspecified atom stereocenters. The van der Waals surface area contributed by atoms with E-state index in [1.165, 1.54) is 19.2 Å². The van der Waals surface area contributed by atoms with E-state index in [2.05, 4.69) is 4.98 Å². The van der Waals surface area contributed by atoms with Gasteiger partial charge in [0.1, 0.15) is 5.75 Å². The van der Waals surface area contributed by atoms with E-state index in [0.29, 0.717) is 17.0 Å². The second-order valence-corrected chi connectivity index (χ2v) is 3.63. The van der Waals surface area contributed by atoms with E-state index in [1.807, 2.05) is 0 Å². The summed E-state index contributed by atoms with van der Waals surface area (Å²) in [6.45, 7) is 0. The fourth-order valence-corrected chi connectivity index (χ4v) is 1.57. The lowest BCUT2D eigenvalue weighted by molar-refractivity contribution is 0.0696. The summed E-state index contributed by atoms with van der Waals surface area (Å²) in [6.07, 6.45) is 1.55. The molecule has 2 rings (SSSR count). The Kier molecular flexibility index (Phi) is 3.14. The molecule has 0 aliphatic heterocycles. The molecule has 92 valence electrons. The second kappa shape index (κ2) is 4.75. The highest BCUT2D eigenvalue weighted by Gasteiger charge is 2.09. The quantitative estimate of drug-likeness (QED) is 0.866. The van der Waals surface area contributed by atoms with Gasteiger partial charge >= 0.3 is 5.97 Å². The molecule has 18 heavy (non-hydrogen) atoms. The molecule has 0 amide bonds. The largest absolute Gasteiger partial charge is 0.507 e. The van der Waals surface area contributed by atoms with Crippen LogP contribution in [0.4, 0.5) is 0 Å². The summed E-state index contributed by atoms with van der Waals surface area (Å²) in [5.41, 5.74) is 1.25. The van der Waals surface area contributed by atoms with Crippen molar-refractivity contribution in [2.24, 2.45) is 0 Å². The first-order valence-corrected chi connectivity index (χ1v) is 5.18. The molecule has 1 aromatic carbocycles. The summed E-state index contributed by atoms with van der Waals surface area (Å²) >= 11 is 0. The number of carboxylic acids is 1. The molecule has 0 fully saturated rings. The Labute approximate surface area is 103 Å². The number of aromatic hydroxyl groups is 1. The molecule has 0 aliphatic rings. The van der Waals surface area contributed by atoms with Crippen LogP contribution in [0.1, 0.15) is 10.4 Å². The number of phenols is 1. The minimum absolute atomic E-state index is 0.0396. The van der Waals surface area contributed by atoms with Crippen LogP contribution in [0.15, 0.2) is 36.5 Å². The number of hydrogen-bond donors (Lipinski definition) is 2. The minimum Gasteiger partial charge on any atom is -0.507 e. The van der Waals surface area contributed by atoms with Crippen LogP contribution in [-0.4, -0.2) is 28.3 Å². The third-order valence-electron chi connectivity index (χ3n) is 2.50. The molecule has 0 saturated heterocycles. The maximum atomic E-state index is 10.7. The number of pyridine rings is 1. The number of methoxy groups -OCH3 is 1. The third-order valence-corrected chi connectivity index (χ3v) is 2.50. The smallest absolute Gasteiger partial charge is 0.335 e. The summed E-state index contributed by atoms with van der Waals surface area (Å²) in [6, 6.07) is 7.59. The van der Waals surface area contributed by atoms with Crippen molar-refractivity contribution in [2.45, 2.75) is 0 Å². The lowest BCUT2D eigenvalue weighted by atomic mass is 10.0. The fraction of sp³-hybridized carbons (Fsp3) is 0.0769. The summed E-state index contributed by atoms with van der Waals surface area (Å²) < 4.78 is 4.93. The van der Waals surface area contributed by atoms with E-state index in [0.717, 1.165) is 0 Å². The van der Waals surface area contributed by atoms with E-state index in [9.17, 15) is 9.90 Å². The van der Waals surface area contributed by atoms with Crippen molar-refractivity contribution in [3.63, 3.8) is 0 Å². The molecule has 1 heterocycles. The average molecular weight is 245 g/mol. The molecular formula is C13H11NO4. The van der Waals surface area contributed by atoms with Gasteiger partial charge in [-0.05, 0) is 24.3 Å². The Morgan fingerprint density at radius 3 is 2.56 bits per heavy atom. The van der Waals surface area contributed by atoms with Gasteiger partial charge in [0.2, 0.25) is 5.88 Å². The highest BCUT2D eigenvalue weighted by atomic mass is 16.5. The topological polar surface area (TPSA) is 79.7 Å². The Morgan fingerprint density at radius 1 is 1.28 bits per heavy atom. The predicted molar refractivity (Wildman–Crippen MR) is 64.8 cm³/mol. The van der Waals surface area contributed by atoms with Crippen molar-refractivity contribution >= 4 is 5.97 Å². The molecular weight excluding hydrogens is 234 g/mol. The highest BCUT2D eigenvalue weighted by Crippen LogP contribution is 2.30. The van der Waals surface area contributed by atoms with Crippen LogP contribution in [0.2, 0.25) is 0 Å². The number of phenolic OH excluding ortho intramolecular Hbond substituents is 1. The average Bonchev–Trinajstić information content (AvgIpc) is 2.38. The van der Waals surface area contributed by atoms with Gasteiger partial charge in [0.05, 0.1) is 12.7 Å². The van der Waals surface area contributed by atoms with Crippen molar-refractivity contribution in [1.29, 1.82) is 0 Å². The van der Waals surface area contributed by atoms with Gasteiger partial charge in [-0.15, -0.1) is 0 Å². The van der Waals surface area contributed by atoms with Crippen molar-refractivity contribution in [3.8, 4) is 22.8 Å². The Morgan fingerprint density at radius 2 is 2.06 bits per heavy atom. The fourth-order valence-electron chi connectivity index (χ4n) is 1.57. The number of aromatic nitrogens is 1. The van der Waals surface area contributed by atoms with Gasteiger partial charge < -0.3 is 14.9 Å². The Bertz CT molecular complexity index is 578. The molecule has 5 heteroatoms. The lowest BCUT2D eigenvalue weighted by Gasteiger charge is -2.06. The van der Waals surface area contributed by atoms with Crippen LogP contribution in [0.3, 0.4) is 0 Å². The molecule has 0 bridgehead atoms. The minimum atomic E-state index is -1.08. The third kappa shape index (κ3) is 2.24. The zero-order valence-electron chi connectivity index (χ0n) is 9.62. The molecule has 0 spiro atoms. The summed E-state index contributed by atoms with van der Waals surface area (Å²) in [5.74, 6) is -0.702. The molecule has 0 radical (unpaired) electrons. The molecule has 0 atom stereocenters. The van der Waals surface area contributed by atoms with Crippen LogP contribution in [0, 0.1) is 0 Å². The van der Waals surface area contributed by atoms with Crippen molar-refractivity contribution in [1.82, 2.24) is 4.98 Å². The number of benzene rings is 1. The molecule has 5 nitrogen and oxygen atoms in total. The number of ether oxygens (including phenoxy) is 1.